The van der Waals surface area contributed by atoms with Crippen molar-refractivity contribution in [2.45, 2.75) is 38.6 Å². The second-order valence-electron chi connectivity index (χ2n) is 8.30. The number of hydrogen-bond acceptors (Lipinski definition) is 7. The maximum Gasteiger partial charge on any atom is 0.270 e. The molecule has 0 heterocycles. The first-order chi connectivity index (χ1) is 16.3. The Balaban J connectivity index is 1.77. The topological polar surface area (TPSA) is 132 Å². The third-order valence-corrected chi connectivity index (χ3v) is 6.03. The van der Waals surface area contributed by atoms with Crippen LogP contribution in [0.3, 0.4) is 0 Å². The molecule has 3 N–H and O–H groups in total. The molecule has 1 saturated carbocycles. The molecule has 0 bridgehead atoms. The minimum absolute atomic E-state index is 0.0357. The van der Waals surface area contributed by atoms with Gasteiger partial charge in [-0.15, -0.1) is 0 Å². The van der Waals surface area contributed by atoms with Gasteiger partial charge in [0.15, 0.2) is 0 Å². The Hall–Kier alpha value is -3.66. The lowest BCUT2D eigenvalue weighted by molar-refractivity contribution is -0.384. The molecule has 2 atom stereocenters. The Kier molecular flexibility index (Phi) is 8.42. The maximum atomic E-state index is 13.1. The van der Waals surface area contributed by atoms with Gasteiger partial charge in [0.05, 0.1) is 42.6 Å². The van der Waals surface area contributed by atoms with Gasteiger partial charge in [-0.05, 0) is 37.0 Å². The molecule has 2 aromatic rings. The van der Waals surface area contributed by atoms with Crippen molar-refractivity contribution < 1.29 is 24.0 Å². The number of ether oxygens (including phenoxy) is 2. The molecular formula is C24H30N4O6. The van der Waals surface area contributed by atoms with Crippen LogP contribution in [0, 0.1) is 16.0 Å². The maximum absolute atomic E-state index is 13.1. The van der Waals surface area contributed by atoms with Gasteiger partial charge in [-0.25, -0.2) is 0 Å². The molecule has 1 fully saturated rings. The highest BCUT2D eigenvalue weighted by atomic mass is 16.6. The van der Waals surface area contributed by atoms with Crippen LogP contribution in [0.25, 0.3) is 0 Å². The molecule has 2 aromatic carbocycles. The summed E-state index contributed by atoms with van der Waals surface area (Å²) in [6, 6.07) is 8.85. The second kappa shape index (κ2) is 11.5. The summed E-state index contributed by atoms with van der Waals surface area (Å²) in [4.78, 5) is 36.4. The van der Waals surface area contributed by atoms with Crippen LogP contribution in [-0.4, -0.2) is 43.5 Å². The third-order valence-electron chi connectivity index (χ3n) is 6.03. The van der Waals surface area contributed by atoms with E-state index in [0.29, 0.717) is 23.1 Å². The highest BCUT2D eigenvalue weighted by Crippen LogP contribution is 2.31. The number of amides is 2. The number of carbonyl (C=O) groups excluding carboxylic acids is 2. The molecule has 0 saturated heterocycles. The van der Waals surface area contributed by atoms with Crippen LogP contribution in [0.1, 0.15) is 43.0 Å². The molecule has 0 unspecified atom stereocenters. The first kappa shape index (κ1) is 25.0. The SMILES string of the molecule is COc1ccc(NC(=O)c2cc([N+](=O)[O-])ccc2NC(=O)CN[C@@H]2CCCC[C@@H]2C)c(OC)c1. The summed E-state index contributed by atoms with van der Waals surface area (Å²) in [5.74, 6) is 0.424. The number of hydrogen-bond donors (Lipinski definition) is 3. The highest BCUT2D eigenvalue weighted by Gasteiger charge is 2.23. The zero-order chi connectivity index (χ0) is 24.7. The molecule has 34 heavy (non-hydrogen) atoms. The van der Waals surface area contributed by atoms with E-state index in [-0.39, 0.29) is 35.4 Å². The van der Waals surface area contributed by atoms with Gasteiger partial charge < -0.3 is 25.4 Å². The molecule has 1 aliphatic rings. The van der Waals surface area contributed by atoms with E-state index in [1.54, 1.807) is 18.2 Å². The second-order valence-corrected chi connectivity index (χ2v) is 8.30. The van der Waals surface area contributed by atoms with Crippen LogP contribution in [-0.2, 0) is 4.79 Å². The number of nitrogens with zero attached hydrogens (tertiary/aromatic N) is 1. The van der Waals surface area contributed by atoms with Crippen molar-refractivity contribution in [2.24, 2.45) is 5.92 Å². The molecule has 10 nitrogen and oxygen atoms in total. The summed E-state index contributed by atoms with van der Waals surface area (Å²) in [6.07, 6.45) is 4.47. The van der Waals surface area contributed by atoms with Crippen LogP contribution >= 0.6 is 0 Å². The predicted octanol–water partition coefficient (Wildman–Crippen LogP) is 3.97. The Bertz CT molecular complexity index is 1060. The third kappa shape index (κ3) is 6.22. The van der Waals surface area contributed by atoms with E-state index in [2.05, 4.69) is 22.9 Å². The molecule has 0 aromatic heterocycles. The molecular weight excluding hydrogens is 440 g/mol. The average molecular weight is 471 g/mol. The predicted molar refractivity (Wildman–Crippen MR) is 129 cm³/mol. The Morgan fingerprint density at radius 1 is 1.03 bits per heavy atom. The van der Waals surface area contributed by atoms with Gasteiger partial charge in [0.2, 0.25) is 5.91 Å². The largest absolute Gasteiger partial charge is 0.497 e. The number of nitro benzene ring substituents is 1. The van der Waals surface area contributed by atoms with Gasteiger partial charge in [-0.3, -0.25) is 19.7 Å². The van der Waals surface area contributed by atoms with E-state index in [1.807, 2.05) is 0 Å². The normalized spacial score (nSPS) is 17.5. The van der Waals surface area contributed by atoms with Crippen molar-refractivity contribution in [3.05, 3.63) is 52.1 Å². The molecule has 2 amide bonds. The van der Waals surface area contributed by atoms with E-state index in [0.717, 1.165) is 25.3 Å². The van der Waals surface area contributed by atoms with E-state index >= 15 is 0 Å². The van der Waals surface area contributed by atoms with E-state index in [1.165, 1.54) is 32.8 Å². The minimum Gasteiger partial charge on any atom is -0.497 e. The molecule has 1 aliphatic carbocycles. The number of carbonyl (C=O) groups is 2. The number of nitro groups is 1. The zero-order valence-corrected chi connectivity index (χ0v) is 19.6. The average Bonchev–Trinajstić information content (AvgIpc) is 2.83. The number of methoxy groups -OCH3 is 2. The van der Waals surface area contributed by atoms with Gasteiger partial charge in [0.1, 0.15) is 11.5 Å². The number of benzene rings is 2. The van der Waals surface area contributed by atoms with Crippen molar-refractivity contribution >= 4 is 28.9 Å². The standard InChI is InChI=1S/C24H30N4O6/c1-15-6-4-5-7-19(15)25-14-23(29)26-20-10-8-16(28(31)32)12-18(20)24(30)27-21-11-9-17(33-2)13-22(21)34-3/h8-13,15,19,25H,4-7,14H2,1-3H3,(H,26,29)(H,27,30)/t15-,19+/m0/s1. The molecule has 182 valence electrons. The Morgan fingerprint density at radius 2 is 1.76 bits per heavy atom. The number of rotatable bonds is 9. The van der Waals surface area contributed by atoms with E-state index in [4.69, 9.17) is 9.47 Å². The Labute approximate surface area is 198 Å². The lowest BCUT2D eigenvalue weighted by atomic mass is 9.86. The Morgan fingerprint density at radius 3 is 2.44 bits per heavy atom. The fourth-order valence-corrected chi connectivity index (χ4v) is 4.07. The molecule has 10 heteroatoms. The summed E-state index contributed by atoms with van der Waals surface area (Å²) >= 11 is 0. The van der Waals surface area contributed by atoms with Gasteiger partial charge in [-0.2, -0.15) is 0 Å². The van der Waals surface area contributed by atoms with Crippen molar-refractivity contribution in [2.75, 3.05) is 31.4 Å². The van der Waals surface area contributed by atoms with E-state index in [9.17, 15) is 19.7 Å². The van der Waals surface area contributed by atoms with Gasteiger partial charge in [-0.1, -0.05) is 19.8 Å². The molecule has 0 radical (unpaired) electrons. The fourth-order valence-electron chi connectivity index (χ4n) is 4.07. The summed E-state index contributed by atoms with van der Waals surface area (Å²) in [5.41, 5.74) is 0.231. The zero-order valence-electron chi connectivity index (χ0n) is 19.6. The smallest absolute Gasteiger partial charge is 0.270 e. The first-order valence-corrected chi connectivity index (χ1v) is 11.2. The lowest BCUT2D eigenvalue weighted by Gasteiger charge is -2.29. The van der Waals surface area contributed by atoms with Crippen LogP contribution in [0.2, 0.25) is 0 Å². The summed E-state index contributed by atoms with van der Waals surface area (Å²) < 4.78 is 10.5. The van der Waals surface area contributed by atoms with Crippen molar-refractivity contribution in [3.8, 4) is 11.5 Å². The fraction of sp³-hybridized carbons (Fsp3) is 0.417. The first-order valence-electron chi connectivity index (χ1n) is 11.2. The number of anilines is 2. The summed E-state index contributed by atoms with van der Waals surface area (Å²) in [7, 11) is 2.96. The summed E-state index contributed by atoms with van der Waals surface area (Å²) in [6.45, 7) is 2.25. The van der Waals surface area contributed by atoms with Crippen LogP contribution in [0.15, 0.2) is 36.4 Å². The monoisotopic (exact) mass is 470 g/mol. The minimum atomic E-state index is -0.628. The molecule has 0 aliphatic heterocycles. The van der Waals surface area contributed by atoms with E-state index < -0.39 is 10.8 Å². The summed E-state index contributed by atoms with van der Waals surface area (Å²) in [5, 5.41) is 20.0. The van der Waals surface area contributed by atoms with Crippen molar-refractivity contribution in [1.29, 1.82) is 0 Å². The quantitative estimate of drug-likeness (QED) is 0.373. The van der Waals surface area contributed by atoms with Crippen LogP contribution in [0.4, 0.5) is 17.1 Å². The number of nitrogens with one attached hydrogen (secondary N) is 3. The van der Waals surface area contributed by atoms with Gasteiger partial charge in [0.25, 0.3) is 11.6 Å². The van der Waals surface area contributed by atoms with Crippen LogP contribution in [0.5, 0.6) is 11.5 Å². The molecule has 3 rings (SSSR count). The van der Waals surface area contributed by atoms with Crippen LogP contribution < -0.4 is 25.4 Å². The molecule has 0 spiro atoms. The highest BCUT2D eigenvalue weighted by molar-refractivity contribution is 6.11. The van der Waals surface area contributed by atoms with Crippen molar-refractivity contribution in [1.82, 2.24) is 5.32 Å². The van der Waals surface area contributed by atoms with Gasteiger partial charge in [0, 0.05) is 24.2 Å². The van der Waals surface area contributed by atoms with Crippen molar-refractivity contribution in [3.63, 3.8) is 0 Å². The number of non-ortho nitro benzene ring substituents is 1. The van der Waals surface area contributed by atoms with Gasteiger partial charge >= 0.3 is 0 Å². The lowest BCUT2D eigenvalue weighted by Crippen LogP contribution is -2.41.